The van der Waals surface area contributed by atoms with Crippen LogP contribution in [0.15, 0.2) is 77.6 Å². The first-order valence-corrected chi connectivity index (χ1v) is 11.6. The Labute approximate surface area is 203 Å². The zero-order valence-electron chi connectivity index (χ0n) is 19.7. The minimum Gasteiger partial charge on any atom is -0.497 e. The predicted molar refractivity (Wildman–Crippen MR) is 134 cm³/mol. The highest BCUT2D eigenvalue weighted by Crippen LogP contribution is 2.37. The van der Waals surface area contributed by atoms with Gasteiger partial charge in [0.15, 0.2) is 5.82 Å². The molecule has 1 aromatic heterocycles. The molecule has 2 N–H and O–H groups in total. The van der Waals surface area contributed by atoms with Gasteiger partial charge < -0.3 is 9.72 Å². The van der Waals surface area contributed by atoms with E-state index in [1.54, 1.807) is 12.3 Å². The van der Waals surface area contributed by atoms with Crippen LogP contribution < -0.4 is 15.7 Å². The molecule has 1 aliphatic rings. The number of aromatic nitrogens is 3. The monoisotopic (exact) mass is 469 g/mol. The van der Waals surface area contributed by atoms with Crippen LogP contribution in [0.25, 0.3) is 11.4 Å². The average molecular weight is 470 g/mol. The van der Waals surface area contributed by atoms with Crippen LogP contribution in [-0.4, -0.2) is 27.5 Å². The minimum atomic E-state index is -0.206. The van der Waals surface area contributed by atoms with Gasteiger partial charge in [0.2, 0.25) is 0 Å². The second-order valence-corrected chi connectivity index (χ2v) is 8.47. The van der Waals surface area contributed by atoms with E-state index in [0.29, 0.717) is 24.5 Å². The van der Waals surface area contributed by atoms with Crippen molar-refractivity contribution in [3.8, 4) is 17.1 Å². The lowest BCUT2D eigenvalue weighted by molar-refractivity contribution is -0.170. The fourth-order valence-electron chi connectivity index (χ4n) is 4.07. The number of benzene rings is 3. The van der Waals surface area contributed by atoms with Crippen LogP contribution in [0.5, 0.6) is 5.75 Å². The van der Waals surface area contributed by atoms with Crippen LogP contribution in [0, 0.1) is 0 Å². The number of hydrazine groups is 1. The van der Waals surface area contributed by atoms with Crippen LogP contribution in [-0.2, 0) is 24.3 Å². The van der Waals surface area contributed by atoms with Gasteiger partial charge in [-0.3, -0.25) is 15.1 Å². The summed E-state index contributed by atoms with van der Waals surface area (Å²) in [5, 5.41) is 10.3. The maximum Gasteiger partial charge on any atom is 0.273 e. The molecule has 35 heavy (non-hydrogen) atoms. The minimum absolute atomic E-state index is 0.0342. The number of hydrogen-bond donors (Lipinski definition) is 2. The third kappa shape index (κ3) is 5.08. The smallest absolute Gasteiger partial charge is 0.273 e. The molecule has 3 aromatic carbocycles. The van der Waals surface area contributed by atoms with Crippen molar-refractivity contribution in [3.05, 3.63) is 106 Å². The molecule has 8 heteroatoms. The lowest BCUT2D eigenvalue weighted by Crippen LogP contribution is -2.26. The first-order chi connectivity index (χ1) is 17.1. The van der Waals surface area contributed by atoms with Crippen molar-refractivity contribution < 1.29 is 9.57 Å². The number of ether oxygens (including phenoxy) is 1. The van der Waals surface area contributed by atoms with E-state index in [2.05, 4.69) is 27.5 Å². The number of aromatic amines is 1. The predicted octanol–water partition coefficient (Wildman–Crippen LogP) is 4.46. The summed E-state index contributed by atoms with van der Waals surface area (Å²) in [5.41, 5.74) is 8.52. The molecule has 1 aliphatic heterocycles. The Morgan fingerprint density at radius 2 is 1.74 bits per heavy atom. The van der Waals surface area contributed by atoms with Crippen molar-refractivity contribution in [2.75, 3.05) is 12.5 Å². The van der Waals surface area contributed by atoms with E-state index in [-0.39, 0.29) is 11.6 Å². The summed E-state index contributed by atoms with van der Waals surface area (Å²) >= 11 is 0. The Kier molecular flexibility index (Phi) is 6.56. The van der Waals surface area contributed by atoms with Crippen LogP contribution in [0.2, 0.25) is 0 Å². The summed E-state index contributed by atoms with van der Waals surface area (Å²) < 4.78 is 5.20. The third-order valence-electron chi connectivity index (χ3n) is 6.14. The lowest BCUT2D eigenvalue weighted by Gasteiger charge is -2.20. The fourth-order valence-corrected chi connectivity index (χ4v) is 4.07. The maximum atomic E-state index is 12.6. The molecule has 1 atom stereocenters. The molecule has 0 radical (unpaired) electrons. The van der Waals surface area contributed by atoms with E-state index in [1.807, 2.05) is 72.8 Å². The number of hydrogen-bond acceptors (Lipinski definition) is 7. The number of fused-ring (bicyclic) bond motifs is 1. The van der Waals surface area contributed by atoms with Gasteiger partial charge in [-0.05, 0) is 60.4 Å². The van der Waals surface area contributed by atoms with Crippen molar-refractivity contribution in [2.24, 2.45) is 0 Å². The van der Waals surface area contributed by atoms with E-state index in [9.17, 15) is 4.79 Å². The molecular formula is C27H27N5O3. The summed E-state index contributed by atoms with van der Waals surface area (Å²) in [7, 11) is 1.65. The molecule has 0 saturated heterocycles. The number of anilines is 1. The molecule has 0 fully saturated rings. The fraction of sp³-hybridized carbons (Fsp3) is 0.222. The molecule has 8 nitrogen and oxygen atoms in total. The van der Waals surface area contributed by atoms with Gasteiger partial charge in [0, 0.05) is 12.0 Å². The number of nitrogens with one attached hydrogen (secondary N) is 2. The lowest BCUT2D eigenvalue weighted by atomic mass is 10.0. The first kappa shape index (κ1) is 22.8. The highest BCUT2D eigenvalue weighted by Gasteiger charge is 2.28. The van der Waals surface area contributed by atoms with Gasteiger partial charge in [-0.1, -0.05) is 47.6 Å². The SMILES string of the molecule is COc1ccc(CON2Nc3ccc(-c4nnc(CCc5ccccc5)c(=O)[nH]4)cc3C2C)cc1. The molecule has 2 heterocycles. The summed E-state index contributed by atoms with van der Waals surface area (Å²) in [5.74, 6) is 1.26. The Bertz CT molecular complexity index is 1360. The Morgan fingerprint density at radius 3 is 2.49 bits per heavy atom. The molecule has 4 aromatic rings. The Hall–Kier alpha value is -4.01. The van der Waals surface area contributed by atoms with Crippen molar-refractivity contribution in [1.29, 1.82) is 0 Å². The molecule has 0 spiro atoms. The van der Waals surface area contributed by atoms with E-state index in [1.165, 1.54) is 0 Å². The van der Waals surface area contributed by atoms with E-state index >= 15 is 0 Å². The van der Waals surface area contributed by atoms with E-state index in [0.717, 1.165) is 40.1 Å². The van der Waals surface area contributed by atoms with Crippen LogP contribution in [0.1, 0.15) is 35.3 Å². The molecule has 0 amide bonds. The zero-order chi connectivity index (χ0) is 24.2. The average Bonchev–Trinajstić information content (AvgIpc) is 3.22. The maximum absolute atomic E-state index is 12.6. The summed E-state index contributed by atoms with van der Waals surface area (Å²) in [6, 6.07) is 23.7. The molecular weight excluding hydrogens is 442 g/mol. The van der Waals surface area contributed by atoms with Gasteiger partial charge in [0.25, 0.3) is 5.56 Å². The van der Waals surface area contributed by atoms with Gasteiger partial charge in [0.05, 0.1) is 25.4 Å². The van der Waals surface area contributed by atoms with Gasteiger partial charge in [-0.15, -0.1) is 10.2 Å². The molecule has 0 saturated carbocycles. The summed E-state index contributed by atoms with van der Waals surface area (Å²) in [6.45, 7) is 2.48. The highest BCUT2D eigenvalue weighted by molar-refractivity contribution is 5.65. The quantitative estimate of drug-likeness (QED) is 0.394. The molecule has 5 rings (SSSR count). The van der Waals surface area contributed by atoms with Gasteiger partial charge in [-0.2, -0.15) is 0 Å². The number of H-pyrrole nitrogens is 1. The Morgan fingerprint density at radius 1 is 0.943 bits per heavy atom. The standard InChI is InChI=1S/C27H27N5O3/c1-18-23-16-21(26-28-27(33)25(29-30-26)14-10-19-6-4-3-5-7-19)11-15-24(23)31-32(18)35-17-20-8-12-22(34-2)13-9-20/h3-9,11-13,15-16,18,31H,10,14,17H2,1-2H3,(H,28,30,33). The zero-order valence-corrected chi connectivity index (χ0v) is 19.7. The topological polar surface area (TPSA) is 92.4 Å². The Balaban J connectivity index is 1.26. The van der Waals surface area contributed by atoms with Crippen molar-refractivity contribution in [3.63, 3.8) is 0 Å². The van der Waals surface area contributed by atoms with Gasteiger partial charge in [0.1, 0.15) is 11.4 Å². The van der Waals surface area contributed by atoms with Crippen molar-refractivity contribution in [1.82, 2.24) is 20.4 Å². The molecule has 0 aliphatic carbocycles. The van der Waals surface area contributed by atoms with Gasteiger partial charge in [-0.25, -0.2) is 0 Å². The number of hydroxylamine groups is 1. The summed E-state index contributed by atoms with van der Waals surface area (Å²) in [4.78, 5) is 21.5. The second kappa shape index (κ2) is 10.1. The number of rotatable bonds is 8. The normalized spacial score (nSPS) is 15.0. The molecule has 0 bridgehead atoms. The van der Waals surface area contributed by atoms with Crippen LogP contribution in [0.4, 0.5) is 5.69 Å². The number of aryl methyl sites for hydroxylation is 2. The van der Waals surface area contributed by atoms with E-state index in [4.69, 9.17) is 9.57 Å². The van der Waals surface area contributed by atoms with Crippen molar-refractivity contribution in [2.45, 2.75) is 32.4 Å². The highest BCUT2D eigenvalue weighted by atomic mass is 16.7. The number of nitrogens with zero attached hydrogens (tertiary/aromatic N) is 3. The van der Waals surface area contributed by atoms with E-state index < -0.39 is 0 Å². The summed E-state index contributed by atoms with van der Waals surface area (Å²) in [6.07, 6.45) is 1.28. The van der Waals surface area contributed by atoms with Crippen LogP contribution in [0.3, 0.4) is 0 Å². The molecule has 1 unspecified atom stereocenters. The number of methoxy groups -OCH3 is 1. The largest absolute Gasteiger partial charge is 0.497 e. The van der Waals surface area contributed by atoms with Crippen molar-refractivity contribution >= 4 is 5.69 Å². The molecule has 178 valence electrons. The third-order valence-corrected chi connectivity index (χ3v) is 6.14. The second-order valence-electron chi connectivity index (χ2n) is 8.47. The first-order valence-electron chi connectivity index (χ1n) is 11.6. The van der Waals surface area contributed by atoms with Crippen LogP contribution >= 0.6 is 0 Å². The van der Waals surface area contributed by atoms with Gasteiger partial charge >= 0.3 is 0 Å².